The van der Waals surface area contributed by atoms with Gasteiger partial charge < -0.3 is 10.6 Å². The first-order valence-electron chi connectivity index (χ1n) is 8.03. The van der Waals surface area contributed by atoms with Crippen LogP contribution in [-0.4, -0.2) is 11.8 Å². The summed E-state index contributed by atoms with van der Waals surface area (Å²) >= 11 is 0. The van der Waals surface area contributed by atoms with Crippen LogP contribution in [0.25, 0.3) is 0 Å². The number of halogens is 1. The molecule has 0 saturated heterocycles. The van der Waals surface area contributed by atoms with Crippen LogP contribution in [0.4, 0.5) is 10.1 Å². The van der Waals surface area contributed by atoms with Gasteiger partial charge in [-0.3, -0.25) is 9.59 Å². The molecule has 2 aromatic carbocycles. The van der Waals surface area contributed by atoms with Crippen LogP contribution in [0.3, 0.4) is 0 Å². The molecule has 0 fully saturated rings. The monoisotopic (exact) mass is 326 g/mol. The van der Waals surface area contributed by atoms with Crippen LogP contribution in [0.1, 0.15) is 29.5 Å². The molecule has 0 spiro atoms. The zero-order chi connectivity index (χ0) is 16.9. The quantitative estimate of drug-likeness (QED) is 0.887. The van der Waals surface area contributed by atoms with Crippen molar-refractivity contribution >= 4 is 17.5 Å². The van der Waals surface area contributed by atoms with Crippen molar-refractivity contribution in [3.8, 4) is 0 Å². The van der Waals surface area contributed by atoms with Gasteiger partial charge in [-0.2, -0.15) is 0 Å². The summed E-state index contributed by atoms with van der Waals surface area (Å²) in [5.41, 5.74) is 3.77. The van der Waals surface area contributed by atoms with Gasteiger partial charge in [-0.25, -0.2) is 4.39 Å². The number of carbonyl (C=O) groups is 2. The van der Waals surface area contributed by atoms with Gasteiger partial charge in [0.15, 0.2) is 0 Å². The van der Waals surface area contributed by atoms with E-state index in [4.69, 9.17) is 0 Å². The molecule has 0 atom stereocenters. The largest absolute Gasteiger partial charge is 0.352 e. The summed E-state index contributed by atoms with van der Waals surface area (Å²) in [7, 11) is 0. The molecule has 1 aliphatic heterocycles. The van der Waals surface area contributed by atoms with Crippen molar-refractivity contribution in [3.05, 3.63) is 65.0 Å². The van der Waals surface area contributed by atoms with E-state index in [0.29, 0.717) is 25.8 Å². The minimum Gasteiger partial charge on any atom is -0.352 e. The standard InChI is InChI=1S/C19H19FN2O2/c20-16-3-1-2-13(11-16)5-8-18(23)21-12-14-4-7-17-15(10-14)6-9-19(24)22-17/h1-4,7,10-11H,5-6,8-9,12H2,(H,21,23)(H,22,24). The molecule has 0 saturated carbocycles. The van der Waals surface area contributed by atoms with Crippen molar-refractivity contribution < 1.29 is 14.0 Å². The van der Waals surface area contributed by atoms with Crippen LogP contribution in [0.2, 0.25) is 0 Å². The normalized spacial score (nSPS) is 13.1. The van der Waals surface area contributed by atoms with Crippen molar-refractivity contribution in [1.82, 2.24) is 5.32 Å². The van der Waals surface area contributed by atoms with E-state index in [-0.39, 0.29) is 17.6 Å². The molecule has 4 nitrogen and oxygen atoms in total. The molecule has 1 heterocycles. The average Bonchev–Trinajstić information content (AvgIpc) is 2.58. The molecular weight excluding hydrogens is 307 g/mol. The summed E-state index contributed by atoms with van der Waals surface area (Å²) in [6.07, 6.45) is 2.06. The van der Waals surface area contributed by atoms with Crippen LogP contribution >= 0.6 is 0 Å². The topological polar surface area (TPSA) is 58.2 Å². The first-order valence-corrected chi connectivity index (χ1v) is 8.03. The molecule has 0 aromatic heterocycles. The van der Waals surface area contributed by atoms with E-state index in [9.17, 15) is 14.0 Å². The summed E-state index contributed by atoms with van der Waals surface area (Å²) < 4.78 is 13.1. The van der Waals surface area contributed by atoms with Crippen LogP contribution in [-0.2, 0) is 29.0 Å². The second kappa shape index (κ2) is 7.25. The number of nitrogens with one attached hydrogen (secondary N) is 2. The third-order valence-electron chi connectivity index (χ3n) is 4.08. The highest BCUT2D eigenvalue weighted by Crippen LogP contribution is 2.23. The van der Waals surface area contributed by atoms with E-state index in [1.165, 1.54) is 12.1 Å². The minimum atomic E-state index is -0.283. The second-order valence-electron chi connectivity index (χ2n) is 5.95. The van der Waals surface area contributed by atoms with Crippen molar-refractivity contribution in [3.63, 3.8) is 0 Å². The van der Waals surface area contributed by atoms with Crippen molar-refractivity contribution in [2.75, 3.05) is 5.32 Å². The number of hydrogen-bond donors (Lipinski definition) is 2. The highest BCUT2D eigenvalue weighted by atomic mass is 19.1. The Balaban J connectivity index is 1.50. The van der Waals surface area contributed by atoms with Gasteiger partial charge in [0.2, 0.25) is 11.8 Å². The van der Waals surface area contributed by atoms with E-state index in [0.717, 1.165) is 28.8 Å². The van der Waals surface area contributed by atoms with Crippen LogP contribution in [0.15, 0.2) is 42.5 Å². The number of anilines is 1. The van der Waals surface area contributed by atoms with Gasteiger partial charge in [0.05, 0.1) is 0 Å². The lowest BCUT2D eigenvalue weighted by molar-refractivity contribution is -0.121. The molecular formula is C19H19FN2O2. The van der Waals surface area contributed by atoms with Gasteiger partial charge in [0.1, 0.15) is 5.82 Å². The zero-order valence-electron chi connectivity index (χ0n) is 13.3. The number of amides is 2. The molecule has 0 aliphatic carbocycles. The van der Waals surface area contributed by atoms with E-state index in [2.05, 4.69) is 10.6 Å². The smallest absolute Gasteiger partial charge is 0.224 e. The lowest BCUT2D eigenvalue weighted by atomic mass is 10.0. The fourth-order valence-electron chi connectivity index (χ4n) is 2.79. The van der Waals surface area contributed by atoms with E-state index in [1.807, 2.05) is 24.3 Å². The van der Waals surface area contributed by atoms with Gasteiger partial charge in [0, 0.05) is 25.1 Å². The van der Waals surface area contributed by atoms with Gasteiger partial charge in [0.25, 0.3) is 0 Å². The fourth-order valence-corrected chi connectivity index (χ4v) is 2.79. The SMILES string of the molecule is O=C(CCc1cccc(F)c1)NCc1ccc2c(c1)CCC(=O)N2. The lowest BCUT2D eigenvalue weighted by Crippen LogP contribution is -2.23. The number of hydrogen-bond acceptors (Lipinski definition) is 2. The number of carbonyl (C=O) groups excluding carboxylic acids is 2. The second-order valence-corrected chi connectivity index (χ2v) is 5.95. The molecule has 2 aromatic rings. The molecule has 1 aliphatic rings. The highest BCUT2D eigenvalue weighted by molar-refractivity contribution is 5.93. The fraction of sp³-hybridized carbons (Fsp3) is 0.263. The summed E-state index contributed by atoms with van der Waals surface area (Å²) in [5, 5.41) is 5.72. The van der Waals surface area contributed by atoms with Crippen LogP contribution in [0, 0.1) is 5.82 Å². The Kier molecular flexibility index (Phi) is 4.89. The van der Waals surface area contributed by atoms with E-state index in [1.54, 1.807) is 6.07 Å². The average molecular weight is 326 g/mol. The summed E-state index contributed by atoms with van der Waals surface area (Å²) in [6.45, 7) is 0.448. The first-order chi connectivity index (χ1) is 11.6. The molecule has 5 heteroatoms. The summed E-state index contributed by atoms with van der Waals surface area (Å²) in [5.74, 6) is -0.305. The van der Waals surface area contributed by atoms with Gasteiger partial charge in [-0.1, -0.05) is 24.3 Å². The van der Waals surface area contributed by atoms with Crippen molar-refractivity contribution in [2.45, 2.75) is 32.2 Å². The molecule has 0 radical (unpaired) electrons. The minimum absolute atomic E-state index is 0.0425. The van der Waals surface area contributed by atoms with E-state index >= 15 is 0 Å². The number of aryl methyl sites for hydroxylation is 2. The number of rotatable bonds is 5. The van der Waals surface area contributed by atoms with E-state index < -0.39 is 0 Å². The molecule has 3 rings (SSSR count). The van der Waals surface area contributed by atoms with Crippen molar-refractivity contribution in [1.29, 1.82) is 0 Å². The Bertz CT molecular complexity index is 774. The Hall–Kier alpha value is -2.69. The maximum Gasteiger partial charge on any atom is 0.224 e. The predicted molar refractivity (Wildman–Crippen MR) is 90.0 cm³/mol. The Morgan fingerprint density at radius 2 is 2.00 bits per heavy atom. The first kappa shape index (κ1) is 16.2. The summed E-state index contributed by atoms with van der Waals surface area (Å²) in [4.78, 5) is 23.3. The number of benzene rings is 2. The predicted octanol–water partition coefficient (Wildman–Crippen LogP) is 2.96. The Labute approximate surface area is 140 Å². The molecule has 0 unspecified atom stereocenters. The molecule has 124 valence electrons. The molecule has 24 heavy (non-hydrogen) atoms. The van der Waals surface area contributed by atoms with Crippen molar-refractivity contribution in [2.24, 2.45) is 0 Å². The molecule has 2 N–H and O–H groups in total. The molecule has 2 amide bonds. The number of fused-ring (bicyclic) bond motifs is 1. The Morgan fingerprint density at radius 1 is 1.12 bits per heavy atom. The zero-order valence-corrected chi connectivity index (χ0v) is 13.3. The van der Waals surface area contributed by atoms with Gasteiger partial charge >= 0.3 is 0 Å². The third-order valence-corrected chi connectivity index (χ3v) is 4.08. The highest BCUT2D eigenvalue weighted by Gasteiger charge is 2.14. The Morgan fingerprint density at radius 3 is 2.83 bits per heavy atom. The maximum atomic E-state index is 13.1. The van der Waals surface area contributed by atoms with Gasteiger partial charge in [-0.05, 0) is 47.7 Å². The maximum absolute atomic E-state index is 13.1. The molecule has 0 bridgehead atoms. The third kappa shape index (κ3) is 4.19. The summed E-state index contributed by atoms with van der Waals surface area (Å²) in [6, 6.07) is 12.1. The van der Waals surface area contributed by atoms with Crippen LogP contribution in [0.5, 0.6) is 0 Å². The van der Waals surface area contributed by atoms with Crippen LogP contribution < -0.4 is 10.6 Å². The lowest BCUT2D eigenvalue weighted by Gasteiger charge is -2.17. The van der Waals surface area contributed by atoms with Gasteiger partial charge in [-0.15, -0.1) is 0 Å².